The topological polar surface area (TPSA) is 90.9 Å². The third-order valence-corrected chi connectivity index (χ3v) is 6.06. The molecule has 0 saturated carbocycles. The van der Waals surface area contributed by atoms with Crippen LogP contribution in [0.15, 0.2) is 49.2 Å². The Bertz CT molecular complexity index is 1000. The van der Waals surface area contributed by atoms with Gasteiger partial charge in [0.15, 0.2) is 0 Å². The first kappa shape index (κ1) is 22.7. The van der Waals surface area contributed by atoms with E-state index >= 15 is 0 Å². The van der Waals surface area contributed by atoms with Crippen LogP contribution in [0.1, 0.15) is 31.0 Å². The summed E-state index contributed by atoms with van der Waals surface area (Å²) in [5.74, 6) is 0.993. The zero-order valence-electron chi connectivity index (χ0n) is 19.1. The molecule has 0 aliphatic carbocycles. The summed E-state index contributed by atoms with van der Waals surface area (Å²) < 4.78 is 5.09. The first-order valence-corrected chi connectivity index (χ1v) is 11.2. The van der Waals surface area contributed by atoms with Gasteiger partial charge in [0.05, 0.1) is 12.1 Å². The summed E-state index contributed by atoms with van der Waals surface area (Å²) in [6, 6.07) is 10.1. The lowest BCUT2D eigenvalue weighted by Crippen LogP contribution is -2.47. The quantitative estimate of drug-likeness (QED) is 0.649. The zero-order valence-corrected chi connectivity index (χ0v) is 19.1. The normalized spacial score (nSPS) is 19.8. The molecule has 33 heavy (non-hydrogen) atoms. The number of nitrogens with one attached hydrogen (secondary N) is 1. The SMILES string of the molecule is C=CC(=O)N1CCN(Cc2ccc([C@H](C)Nc3nccc(N4C(=O)OC[C@@H]4C)n3)cc2)CC1. The van der Waals surface area contributed by atoms with E-state index in [-0.39, 0.29) is 24.1 Å². The van der Waals surface area contributed by atoms with Crippen molar-refractivity contribution in [3.63, 3.8) is 0 Å². The van der Waals surface area contributed by atoms with Crippen LogP contribution in [-0.2, 0) is 16.1 Å². The number of carbonyl (C=O) groups is 2. The highest BCUT2D eigenvalue weighted by molar-refractivity contribution is 5.89. The molecule has 2 atom stereocenters. The fourth-order valence-electron chi connectivity index (χ4n) is 4.09. The van der Waals surface area contributed by atoms with Crippen molar-refractivity contribution < 1.29 is 14.3 Å². The Kier molecular flexibility index (Phi) is 6.88. The maximum absolute atomic E-state index is 12.0. The minimum absolute atomic E-state index is 0.00452. The van der Waals surface area contributed by atoms with E-state index in [1.165, 1.54) is 11.6 Å². The van der Waals surface area contributed by atoms with E-state index in [4.69, 9.17) is 4.74 Å². The van der Waals surface area contributed by atoms with Crippen molar-refractivity contribution in [2.75, 3.05) is 43.0 Å². The van der Waals surface area contributed by atoms with E-state index in [9.17, 15) is 9.59 Å². The molecule has 0 unspecified atom stereocenters. The number of cyclic esters (lactones) is 1. The molecular formula is C24H30N6O3. The largest absolute Gasteiger partial charge is 0.447 e. The van der Waals surface area contributed by atoms with E-state index in [1.807, 2.05) is 18.7 Å². The fraction of sp³-hybridized carbons (Fsp3) is 0.417. The number of hydrogen-bond acceptors (Lipinski definition) is 7. The summed E-state index contributed by atoms with van der Waals surface area (Å²) in [6.45, 7) is 11.9. The molecule has 9 nitrogen and oxygen atoms in total. The predicted molar refractivity (Wildman–Crippen MR) is 126 cm³/mol. The van der Waals surface area contributed by atoms with Gasteiger partial charge in [0, 0.05) is 38.9 Å². The Morgan fingerprint density at radius 1 is 1.24 bits per heavy atom. The molecule has 0 radical (unpaired) electrons. The number of amides is 2. The molecule has 9 heteroatoms. The molecule has 2 aromatic rings. The van der Waals surface area contributed by atoms with Gasteiger partial charge in [-0.2, -0.15) is 4.98 Å². The monoisotopic (exact) mass is 450 g/mol. The first-order valence-electron chi connectivity index (χ1n) is 11.2. The van der Waals surface area contributed by atoms with Crippen molar-refractivity contribution in [1.82, 2.24) is 19.8 Å². The molecule has 1 N–H and O–H groups in total. The van der Waals surface area contributed by atoms with Gasteiger partial charge in [-0.15, -0.1) is 0 Å². The molecule has 2 amide bonds. The molecule has 0 spiro atoms. The van der Waals surface area contributed by atoms with Gasteiger partial charge in [-0.25, -0.2) is 9.78 Å². The lowest BCUT2D eigenvalue weighted by molar-refractivity contribution is -0.127. The number of ether oxygens (including phenoxy) is 1. The lowest BCUT2D eigenvalue weighted by atomic mass is 10.1. The van der Waals surface area contributed by atoms with Crippen LogP contribution in [-0.4, -0.2) is 70.6 Å². The van der Waals surface area contributed by atoms with Gasteiger partial charge in [0.1, 0.15) is 12.4 Å². The summed E-state index contributed by atoms with van der Waals surface area (Å²) in [6.07, 6.45) is 2.64. The molecule has 2 saturated heterocycles. The van der Waals surface area contributed by atoms with Gasteiger partial charge >= 0.3 is 6.09 Å². The van der Waals surface area contributed by atoms with Crippen molar-refractivity contribution in [2.24, 2.45) is 0 Å². The van der Waals surface area contributed by atoms with E-state index < -0.39 is 0 Å². The Balaban J connectivity index is 1.33. The number of aromatic nitrogens is 2. The number of hydrogen-bond donors (Lipinski definition) is 1. The second-order valence-corrected chi connectivity index (χ2v) is 8.45. The molecule has 2 fully saturated rings. The highest BCUT2D eigenvalue weighted by Gasteiger charge is 2.32. The summed E-state index contributed by atoms with van der Waals surface area (Å²) in [5.41, 5.74) is 2.34. The van der Waals surface area contributed by atoms with Crippen molar-refractivity contribution in [3.05, 3.63) is 60.3 Å². The number of nitrogens with zero attached hydrogens (tertiary/aromatic N) is 5. The predicted octanol–water partition coefficient (Wildman–Crippen LogP) is 2.83. The van der Waals surface area contributed by atoms with Crippen molar-refractivity contribution in [1.29, 1.82) is 0 Å². The summed E-state index contributed by atoms with van der Waals surface area (Å²) >= 11 is 0. The summed E-state index contributed by atoms with van der Waals surface area (Å²) in [7, 11) is 0. The summed E-state index contributed by atoms with van der Waals surface area (Å²) in [4.78, 5) is 38.2. The van der Waals surface area contributed by atoms with Gasteiger partial charge in [-0.1, -0.05) is 30.8 Å². The highest BCUT2D eigenvalue weighted by Crippen LogP contribution is 2.23. The molecule has 4 rings (SSSR count). The van der Waals surface area contributed by atoms with Crippen LogP contribution in [0.25, 0.3) is 0 Å². The Labute approximate surface area is 194 Å². The van der Waals surface area contributed by atoms with Crippen molar-refractivity contribution in [3.8, 4) is 0 Å². The second kappa shape index (κ2) is 9.99. The molecule has 2 aliphatic rings. The van der Waals surface area contributed by atoms with Gasteiger partial charge in [0.2, 0.25) is 11.9 Å². The minimum atomic E-state index is -0.385. The number of carbonyl (C=O) groups excluding carboxylic acids is 2. The second-order valence-electron chi connectivity index (χ2n) is 8.45. The van der Waals surface area contributed by atoms with E-state index in [2.05, 4.69) is 51.0 Å². The third kappa shape index (κ3) is 5.31. The van der Waals surface area contributed by atoms with Crippen LogP contribution < -0.4 is 10.2 Å². The maximum Gasteiger partial charge on any atom is 0.415 e. The molecular weight excluding hydrogens is 420 g/mol. The molecule has 2 aliphatic heterocycles. The van der Waals surface area contributed by atoms with Crippen LogP contribution in [0, 0.1) is 0 Å². The Morgan fingerprint density at radius 2 is 1.97 bits per heavy atom. The fourth-order valence-corrected chi connectivity index (χ4v) is 4.09. The number of benzene rings is 1. The van der Waals surface area contributed by atoms with Crippen LogP contribution >= 0.6 is 0 Å². The van der Waals surface area contributed by atoms with Gasteiger partial charge in [-0.3, -0.25) is 14.6 Å². The van der Waals surface area contributed by atoms with E-state index in [1.54, 1.807) is 17.2 Å². The van der Waals surface area contributed by atoms with E-state index in [0.717, 1.165) is 38.3 Å². The van der Waals surface area contributed by atoms with Crippen LogP contribution in [0.3, 0.4) is 0 Å². The molecule has 3 heterocycles. The molecule has 0 bridgehead atoms. The standard InChI is InChI=1S/C24H30N6O3/c1-4-22(31)29-13-11-28(12-14-29)15-19-5-7-20(8-6-19)18(3)26-23-25-10-9-21(27-23)30-17(2)16-33-24(30)32/h4-10,17-18H,1,11-16H2,2-3H3,(H,25,26,27)/t17-,18-/m0/s1. The smallest absolute Gasteiger partial charge is 0.415 e. The van der Waals surface area contributed by atoms with E-state index in [0.29, 0.717) is 18.4 Å². The van der Waals surface area contributed by atoms with Crippen LogP contribution in [0.2, 0.25) is 0 Å². The number of rotatable bonds is 7. The Hall–Kier alpha value is -3.46. The lowest BCUT2D eigenvalue weighted by Gasteiger charge is -2.34. The average molecular weight is 451 g/mol. The third-order valence-electron chi connectivity index (χ3n) is 6.06. The van der Waals surface area contributed by atoms with Gasteiger partial charge in [-0.05, 0) is 37.1 Å². The Morgan fingerprint density at radius 3 is 2.61 bits per heavy atom. The molecule has 1 aromatic carbocycles. The molecule has 174 valence electrons. The summed E-state index contributed by atoms with van der Waals surface area (Å²) in [5, 5.41) is 3.32. The van der Waals surface area contributed by atoms with Crippen LogP contribution in [0.5, 0.6) is 0 Å². The average Bonchev–Trinajstić information content (AvgIpc) is 3.17. The zero-order chi connectivity index (χ0) is 23.4. The van der Waals surface area contributed by atoms with Crippen molar-refractivity contribution in [2.45, 2.75) is 32.5 Å². The van der Waals surface area contributed by atoms with Crippen molar-refractivity contribution >= 4 is 23.8 Å². The number of piperazine rings is 1. The van der Waals surface area contributed by atoms with Gasteiger partial charge < -0.3 is 15.0 Å². The molecule has 1 aromatic heterocycles. The number of anilines is 2. The highest BCUT2D eigenvalue weighted by atomic mass is 16.6. The maximum atomic E-state index is 12.0. The van der Waals surface area contributed by atoms with Crippen LogP contribution in [0.4, 0.5) is 16.6 Å². The van der Waals surface area contributed by atoms with Gasteiger partial charge in [0.25, 0.3) is 0 Å². The first-order chi connectivity index (χ1) is 15.9. The minimum Gasteiger partial charge on any atom is -0.447 e.